The third-order valence-electron chi connectivity index (χ3n) is 4.62. The fraction of sp³-hybridized carbons (Fsp3) is 0.350. The van der Waals surface area contributed by atoms with E-state index in [4.69, 9.17) is 9.47 Å². The lowest BCUT2D eigenvalue weighted by molar-refractivity contribution is -0.134. The number of fused-ring (bicyclic) bond motifs is 1. The lowest BCUT2D eigenvalue weighted by Crippen LogP contribution is -2.49. The molecule has 2 aromatic carbocycles. The fourth-order valence-corrected chi connectivity index (χ4v) is 3.83. The molecule has 1 heterocycles. The molecule has 1 N–H and O–H groups in total. The smallest absolute Gasteiger partial charge is 0.265 e. The van der Waals surface area contributed by atoms with Crippen LogP contribution in [0, 0.1) is 0 Å². The molecular formula is C20H24N2O5S. The highest BCUT2D eigenvalue weighted by Gasteiger charge is 2.34. The van der Waals surface area contributed by atoms with E-state index < -0.39 is 22.2 Å². The number of amides is 1. The number of hydrogen-bond donors (Lipinski definition) is 1. The molecule has 0 saturated carbocycles. The summed E-state index contributed by atoms with van der Waals surface area (Å²) in [6.45, 7) is 3.61. The van der Waals surface area contributed by atoms with Crippen LogP contribution in [0.15, 0.2) is 53.4 Å². The Bertz CT molecular complexity index is 957. The predicted molar refractivity (Wildman–Crippen MR) is 105 cm³/mol. The monoisotopic (exact) mass is 404 g/mol. The SMILES string of the molecule is C[C@H](NC(=O)[C@H]1Oc2ccccc2O[C@@H]1C)c1ccc(S(=O)(=O)N(C)C)cc1. The molecule has 2 aromatic rings. The normalized spacial score (nSPS) is 19.9. The molecule has 0 bridgehead atoms. The quantitative estimate of drug-likeness (QED) is 0.827. The van der Waals surface area contributed by atoms with E-state index in [1.165, 1.54) is 26.2 Å². The zero-order valence-corrected chi connectivity index (χ0v) is 17.1. The number of carbonyl (C=O) groups is 1. The summed E-state index contributed by atoms with van der Waals surface area (Å²) in [6.07, 6.45) is -1.21. The van der Waals surface area contributed by atoms with Gasteiger partial charge < -0.3 is 14.8 Å². The summed E-state index contributed by atoms with van der Waals surface area (Å²) >= 11 is 0. The van der Waals surface area contributed by atoms with Crippen molar-refractivity contribution in [1.29, 1.82) is 0 Å². The van der Waals surface area contributed by atoms with Gasteiger partial charge in [0.2, 0.25) is 16.1 Å². The zero-order valence-electron chi connectivity index (χ0n) is 16.2. The number of rotatable bonds is 5. The molecule has 3 atom stereocenters. The molecule has 0 spiro atoms. The van der Waals surface area contributed by atoms with Crippen LogP contribution in [0.3, 0.4) is 0 Å². The third kappa shape index (κ3) is 3.98. The van der Waals surface area contributed by atoms with Crippen molar-refractivity contribution in [3.63, 3.8) is 0 Å². The molecule has 0 aliphatic carbocycles. The van der Waals surface area contributed by atoms with Crippen LogP contribution in [0.5, 0.6) is 11.5 Å². The molecule has 0 unspecified atom stereocenters. The Morgan fingerprint density at radius 3 is 2.18 bits per heavy atom. The average molecular weight is 404 g/mol. The first-order chi connectivity index (χ1) is 13.2. The van der Waals surface area contributed by atoms with Crippen molar-refractivity contribution in [2.45, 2.75) is 37.0 Å². The Morgan fingerprint density at radius 2 is 1.61 bits per heavy atom. The van der Waals surface area contributed by atoms with Crippen molar-refractivity contribution in [2.75, 3.05) is 14.1 Å². The number of carbonyl (C=O) groups excluding carboxylic acids is 1. The van der Waals surface area contributed by atoms with Gasteiger partial charge in [0.05, 0.1) is 10.9 Å². The Balaban J connectivity index is 1.69. The van der Waals surface area contributed by atoms with Crippen LogP contribution in [0.25, 0.3) is 0 Å². The fourth-order valence-electron chi connectivity index (χ4n) is 2.92. The predicted octanol–water partition coefficient (Wildman–Crippen LogP) is 2.34. The zero-order chi connectivity index (χ0) is 20.5. The number of benzene rings is 2. The summed E-state index contributed by atoms with van der Waals surface area (Å²) in [5, 5.41) is 2.90. The highest BCUT2D eigenvalue weighted by atomic mass is 32.2. The van der Waals surface area contributed by atoms with Crippen molar-refractivity contribution >= 4 is 15.9 Å². The third-order valence-corrected chi connectivity index (χ3v) is 6.45. The maximum absolute atomic E-state index is 12.7. The van der Waals surface area contributed by atoms with Crippen molar-refractivity contribution in [3.05, 3.63) is 54.1 Å². The van der Waals surface area contributed by atoms with Gasteiger partial charge in [0.15, 0.2) is 11.5 Å². The van der Waals surface area contributed by atoms with E-state index in [0.29, 0.717) is 11.5 Å². The molecule has 0 aromatic heterocycles. The van der Waals surface area contributed by atoms with E-state index in [1.54, 1.807) is 31.2 Å². The molecule has 1 aliphatic rings. The largest absolute Gasteiger partial charge is 0.482 e. The van der Waals surface area contributed by atoms with Gasteiger partial charge in [0.1, 0.15) is 6.10 Å². The van der Waals surface area contributed by atoms with E-state index in [2.05, 4.69) is 5.32 Å². The van der Waals surface area contributed by atoms with E-state index in [9.17, 15) is 13.2 Å². The van der Waals surface area contributed by atoms with Crippen LogP contribution in [0.2, 0.25) is 0 Å². The van der Waals surface area contributed by atoms with Crippen molar-refractivity contribution in [3.8, 4) is 11.5 Å². The Labute approximate surface area is 165 Å². The first-order valence-electron chi connectivity index (χ1n) is 8.95. The van der Waals surface area contributed by atoms with Crippen LogP contribution >= 0.6 is 0 Å². The van der Waals surface area contributed by atoms with Crippen LogP contribution in [0.4, 0.5) is 0 Å². The van der Waals surface area contributed by atoms with Gasteiger partial charge in [-0.3, -0.25) is 4.79 Å². The highest BCUT2D eigenvalue weighted by molar-refractivity contribution is 7.89. The Hall–Kier alpha value is -2.58. The number of sulfonamides is 1. The summed E-state index contributed by atoms with van der Waals surface area (Å²) in [5.74, 6) is 0.857. The second-order valence-electron chi connectivity index (χ2n) is 6.89. The van der Waals surface area contributed by atoms with Gasteiger partial charge in [-0.15, -0.1) is 0 Å². The van der Waals surface area contributed by atoms with E-state index in [1.807, 2.05) is 19.1 Å². The Morgan fingerprint density at radius 1 is 1.04 bits per heavy atom. The number of nitrogens with one attached hydrogen (secondary N) is 1. The molecule has 28 heavy (non-hydrogen) atoms. The highest BCUT2D eigenvalue weighted by Crippen LogP contribution is 2.33. The van der Waals surface area contributed by atoms with Crippen LogP contribution in [-0.2, 0) is 14.8 Å². The average Bonchev–Trinajstić information content (AvgIpc) is 2.67. The molecule has 3 rings (SSSR count). The molecule has 0 radical (unpaired) electrons. The maximum Gasteiger partial charge on any atom is 0.265 e. The van der Waals surface area contributed by atoms with Gasteiger partial charge in [-0.1, -0.05) is 24.3 Å². The van der Waals surface area contributed by atoms with Gasteiger partial charge >= 0.3 is 0 Å². The number of nitrogens with zero attached hydrogens (tertiary/aromatic N) is 1. The molecule has 7 nitrogen and oxygen atoms in total. The lowest BCUT2D eigenvalue weighted by Gasteiger charge is -2.31. The van der Waals surface area contributed by atoms with Gasteiger partial charge in [0, 0.05) is 14.1 Å². The molecule has 150 valence electrons. The van der Waals surface area contributed by atoms with E-state index in [-0.39, 0.29) is 16.8 Å². The first-order valence-corrected chi connectivity index (χ1v) is 10.4. The molecule has 0 fully saturated rings. The first kappa shape index (κ1) is 20.2. The second-order valence-corrected chi connectivity index (χ2v) is 9.05. The summed E-state index contributed by atoms with van der Waals surface area (Å²) in [5.41, 5.74) is 0.788. The van der Waals surface area contributed by atoms with Gasteiger partial charge in [-0.2, -0.15) is 0 Å². The van der Waals surface area contributed by atoms with Crippen LogP contribution in [-0.4, -0.2) is 44.9 Å². The molecule has 1 aliphatic heterocycles. The van der Waals surface area contributed by atoms with Crippen molar-refractivity contribution in [1.82, 2.24) is 9.62 Å². The minimum absolute atomic E-state index is 0.203. The van der Waals surface area contributed by atoms with Gasteiger partial charge in [-0.05, 0) is 43.7 Å². The number of hydrogen-bond acceptors (Lipinski definition) is 5. The van der Waals surface area contributed by atoms with Crippen molar-refractivity contribution in [2.24, 2.45) is 0 Å². The number of para-hydroxylation sites is 2. The minimum Gasteiger partial charge on any atom is -0.482 e. The summed E-state index contributed by atoms with van der Waals surface area (Å²) in [6, 6.07) is 13.4. The van der Waals surface area contributed by atoms with Crippen LogP contribution < -0.4 is 14.8 Å². The van der Waals surface area contributed by atoms with E-state index >= 15 is 0 Å². The maximum atomic E-state index is 12.7. The Kier molecular flexibility index (Phi) is 5.62. The summed E-state index contributed by atoms with van der Waals surface area (Å²) in [7, 11) is -0.518. The molecular weight excluding hydrogens is 380 g/mol. The van der Waals surface area contributed by atoms with E-state index in [0.717, 1.165) is 9.87 Å². The van der Waals surface area contributed by atoms with Gasteiger partial charge in [-0.25, -0.2) is 12.7 Å². The topological polar surface area (TPSA) is 84.9 Å². The second kappa shape index (κ2) is 7.81. The standard InChI is InChI=1S/C20H24N2O5S/c1-13(15-9-11-16(12-10-15)28(24,25)22(3)4)21-20(23)19-14(2)26-17-7-5-6-8-18(17)27-19/h5-14,19H,1-4H3,(H,21,23)/t13-,14+,19-/m0/s1. The molecule has 1 amide bonds. The minimum atomic E-state index is -3.49. The van der Waals surface area contributed by atoms with Crippen molar-refractivity contribution < 1.29 is 22.7 Å². The summed E-state index contributed by atoms with van der Waals surface area (Å²) in [4.78, 5) is 12.9. The van der Waals surface area contributed by atoms with Crippen LogP contribution in [0.1, 0.15) is 25.5 Å². The van der Waals surface area contributed by atoms with Gasteiger partial charge in [0.25, 0.3) is 5.91 Å². The molecule has 0 saturated heterocycles. The lowest BCUT2D eigenvalue weighted by atomic mass is 10.1. The molecule has 8 heteroatoms. The summed E-state index contributed by atoms with van der Waals surface area (Å²) < 4.78 is 37.1. The number of ether oxygens (including phenoxy) is 2.